The van der Waals surface area contributed by atoms with E-state index in [1.165, 1.54) is 64.2 Å². The molecule has 1 unspecified atom stereocenters. The third-order valence-electron chi connectivity index (χ3n) is 3.36. The van der Waals surface area contributed by atoms with Crippen molar-refractivity contribution in [1.82, 2.24) is 0 Å². The minimum atomic E-state index is 0.276. The van der Waals surface area contributed by atoms with Gasteiger partial charge in [0.2, 0.25) is 0 Å². The van der Waals surface area contributed by atoms with Crippen LogP contribution >= 0.6 is 0 Å². The summed E-state index contributed by atoms with van der Waals surface area (Å²) < 4.78 is 5.54. The summed E-state index contributed by atoms with van der Waals surface area (Å²) in [7, 11) is 0. The number of ether oxygens (including phenoxy) is 1. The predicted octanol–water partition coefficient (Wildman–Crippen LogP) is 5.46. The molecule has 0 heterocycles. The molecule has 0 aromatic heterocycles. The smallest absolute Gasteiger partial charge is 0.0480 e. The Morgan fingerprint density at radius 2 is 1.25 bits per heavy atom. The van der Waals surface area contributed by atoms with Crippen LogP contribution in [-0.2, 0) is 4.74 Å². The molecule has 0 aromatic carbocycles. The zero-order valence-electron chi connectivity index (χ0n) is 14.2. The van der Waals surface area contributed by atoms with Crippen LogP contribution in [0.1, 0.15) is 84.5 Å². The standard InChI is InChI=1S/C16H35NO.C2H4/c1-3-4-5-6-7-8-9-10-11-12-14-18-15-13-16(2)17;1-2/h16H,3-15,17H2,1-2H3;1-2H2. The topological polar surface area (TPSA) is 35.2 Å². The van der Waals surface area contributed by atoms with Gasteiger partial charge in [0.15, 0.2) is 0 Å². The monoisotopic (exact) mass is 285 g/mol. The Labute approximate surface area is 128 Å². The van der Waals surface area contributed by atoms with Crippen LogP contribution in [0.25, 0.3) is 0 Å². The lowest BCUT2D eigenvalue weighted by Crippen LogP contribution is -2.17. The van der Waals surface area contributed by atoms with Crippen molar-refractivity contribution in [3.05, 3.63) is 13.2 Å². The molecule has 0 aliphatic rings. The van der Waals surface area contributed by atoms with E-state index in [1.54, 1.807) is 0 Å². The van der Waals surface area contributed by atoms with E-state index in [-0.39, 0.29) is 6.04 Å². The maximum Gasteiger partial charge on any atom is 0.0480 e. The highest BCUT2D eigenvalue weighted by molar-refractivity contribution is 4.51. The fraction of sp³-hybridized carbons (Fsp3) is 0.889. The van der Waals surface area contributed by atoms with Crippen LogP contribution in [0.5, 0.6) is 0 Å². The molecule has 0 aliphatic heterocycles. The molecule has 2 N–H and O–H groups in total. The van der Waals surface area contributed by atoms with Crippen LogP contribution in [0.2, 0.25) is 0 Å². The SMILES string of the molecule is C=C.CCCCCCCCCCCCOCCC(C)N. The molecule has 0 aromatic rings. The summed E-state index contributed by atoms with van der Waals surface area (Å²) in [5, 5.41) is 0. The van der Waals surface area contributed by atoms with Gasteiger partial charge >= 0.3 is 0 Å². The van der Waals surface area contributed by atoms with Crippen molar-refractivity contribution < 1.29 is 4.74 Å². The molecule has 0 fully saturated rings. The Kier molecular flexibility index (Phi) is 23.0. The molecular weight excluding hydrogens is 246 g/mol. The predicted molar refractivity (Wildman–Crippen MR) is 92.2 cm³/mol. The lowest BCUT2D eigenvalue weighted by molar-refractivity contribution is 0.124. The third kappa shape index (κ3) is 22.8. The van der Waals surface area contributed by atoms with Gasteiger partial charge < -0.3 is 10.5 Å². The molecule has 0 aliphatic carbocycles. The Bertz CT molecular complexity index is 159. The van der Waals surface area contributed by atoms with E-state index in [1.807, 2.05) is 6.92 Å². The van der Waals surface area contributed by atoms with Gasteiger partial charge in [0.05, 0.1) is 0 Å². The number of nitrogens with two attached hydrogens (primary N) is 1. The summed E-state index contributed by atoms with van der Waals surface area (Å²) in [6, 6.07) is 0.276. The molecule has 0 amide bonds. The lowest BCUT2D eigenvalue weighted by Gasteiger charge is -2.06. The van der Waals surface area contributed by atoms with Crippen molar-refractivity contribution in [2.75, 3.05) is 13.2 Å². The summed E-state index contributed by atoms with van der Waals surface area (Å²) in [5.41, 5.74) is 5.65. The van der Waals surface area contributed by atoms with Crippen molar-refractivity contribution in [3.8, 4) is 0 Å². The molecular formula is C18H39NO. The molecule has 122 valence electrons. The van der Waals surface area contributed by atoms with E-state index in [9.17, 15) is 0 Å². The van der Waals surface area contributed by atoms with E-state index < -0.39 is 0 Å². The first-order valence-corrected chi connectivity index (χ1v) is 8.60. The van der Waals surface area contributed by atoms with E-state index in [0.29, 0.717) is 0 Å². The molecule has 0 radical (unpaired) electrons. The summed E-state index contributed by atoms with van der Waals surface area (Å²) in [6.07, 6.45) is 14.8. The van der Waals surface area contributed by atoms with Crippen LogP contribution < -0.4 is 5.73 Å². The minimum Gasteiger partial charge on any atom is -0.381 e. The van der Waals surface area contributed by atoms with Gasteiger partial charge in [-0.2, -0.15) is 0 Å². The highest BCUT2D eigenvalue weighted by atomic mass is 16.5. The van der Waals surface area contributed by atoms with Gasteiger partial charge in [0, 0.05) is 19.3 Å². The number of hydrogen-bond acceptors (Lipinski definition) is 2. The number of rotatable bonds is 14. The van der Waals surface area contributed by atoms with Crippen LogP contribution in [0, 0.1) is 0 Å². The molecule has 1 atom stereocenters. The Morgan fingerprint density at radius 3 is 1.70 bits per heavy atom. The van der Waals surface area contributed by atoms with Crippen molar-refractivity contribution in [2.24, 2.45) is 5.73 Å². The molecule has 2 nitrogen and oxygen atoms in total. The molecule has 0 rings (SSSR count). The Balaban J connectivity index is 0. The average molecular weight is 286 g/mol. The van der Waals surface area contributed by atoms with Crippen molar-refractivity contribution >= 4 is 0 Å². The van der Waals surface area contributed by atoms with E-state index in [0.717, 1.165) is 19.6 Å². The zero-order valence-corrected chi connectivity index (χ0v) is 14.2. The average Bonchev–Trinajstić information content (AvgIpc) is 2.46. The second-order valence-electron chi connectivity index (χ2n) is 5.56. The summed E-state index contributed by atoms with van der Waals surface area (Å²) in [4.78, 5) is 0. The second kappa shape index (κ2) is 21.0. The maximum absolute atomic E-state index is 5.65. The molecule has 0 spiro atoms. The summed E-state index contributed by atoms with van der Waals surface area (Å²) in [5.74, 6) is 0. The van der Waals surface area contributed by atoms with Gasteiger partial charge in [0.25, 0.3) is 0 Å². The highest BCUT2D eigenvalue weighted by Crippen LogP contribution is 2.10. The Hall–Kier alpha value is -0.340. The van der Waals surface area contributed by atoms with Gasteiger partial charge in [-0.1, -0.05) is 64.7 Å². The summed E-state index contributed by atoms with van der Waals surface area (Å²) >= 11 is 0. The fourth-order valence-corrected chi connectivity index (χ4v) is 2.06. The third-order valence-corrected chi connectivity index (χ3v) is 3.36. The van der Waals surface area contributed by atoms with Crippen molar-refractivity contribution in [3.63, 3.8) is 0 Å². The highest BCUT2D eigenvalue weighted by Gasteiger charge is 1.95. The normalized spacial score (nSPS) is 11.8. The number of hydrogen-bond donors (Lipinski definition) is 1. The molecule has 0 saturated heterocycles. The maximum atomic E-state index is 5.65. The van der Waals surface area contributed by atoms with Gasteiger partial charge in [0.1, 0.15) is 0 Å². The fourth-order valence-electron chi connectivity index (χ4n) is 2.06. The van der Waals surface area contributed by atoms with Crippen molar-refractivity contribution in [2.45, 2.75) is 90.5 Å². The van der Waals surface area contributed by atoms with Crippen LogP contribution in [0.15, 0.2) is 13.2 Å². The second-order valence-corrected chi connectivity index (χ2v) is 5.56. The first-order chi connectivity index (χ1) is 9.77. The van der Waals surface area contributed by atoms with Crippen LogP contribution in [0.3, 0.4) is 0 Å². The van der Waals surface area contributed by atoms with Crippen LogP contribution in [-0.4, -0.2) is 19.3 Å². The van der Waals surface area contributed by atoms with Gasteiger partial charge in [-0.15, -0.1) is 13.2 Å². The molecule has 0 saturated carbocycles. The zero-order chi connectivity index (χ0) is 15.5. The summed E-state index contributed by atoms with van der Waals surface area (Å²) in [6.45, 7) is 12.1. The quantitative estimate of drug-likeness (QED) is 0.339. The largest absolute Gasteiger partial charge is 0.381 e. The first kappa shape index (κ1) is 21.9. The van der Waals surface area contributed by atoms with E-state index in [2.05, 4.69) is 20.1 Å². The lowest BCUT2D eigenvalue weighted by atomic mass is 10.1. The van der Waals surface area contributed by atoms with Gasteiger partial charge in [-0.3, -0.25) is 0 Å². The number of unbranched alkanes of at least 4 members (excludes halogenated alkanes) is 9. The molecule has 20 heavy (non-hydrogen) atoms. The van der Waals surface area contributed by atoms with E-state index >= 15 is 0 Å². The molecule has 0 bridgehead atoms. The van der Waals surface area contributed by atoms with Crippen molar-refractivity contribution in [1.29, 1.82) is 0 Å². The minimum absolute atomic E-state index is 0.276. The van der Waals surface area contributed by atoms with Gasteiger partial charge in [-0.25, -0.2) is 0 Å². The Morgan fingerprint density at radius 1 is 0.800 bits per heavy atom. The molecule has 2 heteroatoms. The first-order valence-electron chi connectivity index (χ1n) is 8.60. The van der Waals surface area contributed by atoms with Crippen LogP contribution in [0.4, 0.5) is 0 Å². The van der Waals surface area contributed by atoms with E-state index in [4.69, 9.17) is 10.5 Å². The van der Waals surface area contributed by atoms with Gasteiger partial charge in [-0.05, 0) is 19.8 Å².